The molecule has 4 aliphatic heterocycles. The largest absolute Gasteiger partial charge is 0.492 e. The third kappa shape index (κ3) is 10.6. The van der Waals surface area contributed by atoms with E-state index in [-0.39, 0.29) is 11.4 Å². The van der Waals surface area contributed by atoms with Crippen molar-refractivity contribution in [3.8, 4) is 28.3 Å². The van der Waals surface area contributed by atoms with Crippen LogP contribution in [0.15, 0.2) is 73.3 Å². The highest BCUT2D eigenvalue weighted by atomic mass is 19.1. The number of ether oxygens (including phenoxy) is 1. The van der Waals surface area contributed by atoms with Crippen molar-refractivity contribution in [2.75, 3.05) is 64.3 Å². The Hall–Kier alpha value is -6.89. The summed E-state index contributed by atoms with van der Waals surface area (Å²) in [5.41, 5.74) is 7.93. The zero-order chi connectivity index (χ0) is 50.0. The van der Waals surface area contributed by atoms with Gasteiger partial charge in [-0.25, -0.2) is 38.1 Å². The molecule has 2 fully saturated rings. The highest BCUT2D eigenvalue weighted by Crippen LogP contribution is 2.34. The van der Waals surface area contributed by atoms with E-state index < -0.39 is 17.5 Å². The Balaban J connectivity index is 0.000000157. The highest BCUT2D eigenvalue weighted by Gasteiger charge is 2.24. The number of hydrogen-bond acceptors (Lipinski definition) is 13. The van der Waals surface area contributed by atoms with Crippen molar-refractivity contribution >= 4 is 33.6 Å². The number of rotatable bonds is 13. The van der Waals surface area contributed by atoms with Crippen LogP contribution in [0.25, 0.3) is 44.3 Å². The predicted molar refractivity (Wildman–Crippen MR) is 275 cm³/mol. The van der Waals surface area contributed by atoms with Gasteiger partial charge in [0.25, 0.3) is 0 Å². The molecule has 73 heavy (non-hydrogen) atoms. The molecule has 0 unspecified atom stereocenters. The van der Waals surface area contributed by atoms with Crippen LogP contribution >= 0.6 is 0 Å². The van der Waals surface area contributed by atoms with E-state index in [9.17, 15) is 13.2 Å². The number of pyridine rings is 2. The van der Waals surface area contributed by atoms with Gasteiger partial charge in [0.1, 0.15) is 34.3 Å². The summed E-state index contributed by atoms with van der Waals surface area (Å²) in [5.74, 6) is 1.17. The Kier molecular flexibility index (Phi) is 14.1. The van der Waals surface area contributed by atoms with E-state index in [1.165, 1.54) is 23.5 Å². The van der Waals surface area contributed by atoms with E-state index in [4.69, 9.17) is 9.84 Å². The highest BCUT2D eigenvalue weighted by molar-refractivity contribution is 5.90. The fraction of sp³-hybridized carbons (Fsp3) is 0.418. The van der Waals surface area contributed by atoms with Crippen LogP contribution in [0, 0.1) is 30.3 Å². The normalized spacial score (nSPS) is 16.5. The number of hydrogen-bond donors (Lipinski definition) is 1. The van der Waals surface area contributed by atoms with Crippen molar-refractivity contribution in [2.24, 2.45) is 5.92 Å². The zero-order valence-electron chi connectivity index (χ0n) is 41.8. The Morgan fingerprint density at radius 1 is 0.630 bits per heavy atom. The molecule has 4 aliphatic rings. The molecule has 0 atom stereocenters. The number of anilines is 2. The number of likely N-dealkylation sites (tertiary alicyclic amines) is 1. The molecule has 8 aromatic rings. The van der Waals surface area contributed by atoms with Gasteiger partial charge in [-0.05, 0) is 131 Å². The molecule has 12 rings (SSSR count). The van der Waals surface area contributed by atoms with Crippen molar-refractivity contribution in [1.29, 1.82) is 0 Å². The minimum atomic E-state index is -0.590. The van der Waals surface area contributed by atoms with Crippen molar-refractivity contribution in [3.05, 3.63) is 125 Å². The molecule has 1 N–H and O–H groups in total. The Bertz CT molecular complexity index is 3240. The van der Waals surface area contributed by atoms with Gasteiger partial charge in [0.2, 0.25) is 5.95 Å². The zero-order valence-corrected chi connectivity index (χ0v) is 41.8. The standard InChI is InChI=1S/C28H30F2N6O.C27H31FN8/c1-2-35-10-7-18(8-11-35)17-37-21-6-5-20(31-15-21)14-26-32-16-24(30)27(33-26)19-12-22-25-4-3-9-36(25)34-28(22)23(29)13-19;1-3-34-9-11-35(12-10-34)17-19-6-7-24(29-15-19)31-27-30-16-22(28)26(32-27)20-13-18(2)25-21(14-20)23-5-4-8-36(23)33-25/h5-6,12-13,15-16,18H,2-4,7-11,14,17H2,1H3;6-7,13-16H,3-5,8-12,17H2,1-2H3,(H,29,30,31,32). The first-order valence-electron chi connectivity index (χ1n) is 25.8. The van der Waals surface area contributed by atoms with Gasteiger partial charge in [-0.2, -0.15) is 10.2 Å². The van der Waals surface area contributed by atoms with Gasteiger partial charge in [-0.15, -0.1) is 0 Å². The molecule has 6 aromatic heterocycles. The van der Waals surface area contributed by atoms with Crippen LogP contribution in [0.4, 0.5) is 24.9 Å². The molecule has 0 spiro atoms. The number of likely N-dealkylation sites (N-methyl/N-ethyl adjacent to an activating group) is 1. The SMILES string of the molecule is CCN1CCC(COc2ccc(Cc3ncc(F)c(-c4cc(F)c5nn6c(c5c4)CCC6)n3)nc2)CC1.CCN1CCN(Cc2ccc(Nc3ncc(F)c(-c4cc(C)c5nn6c(c5c4)CCC6)n3)nc2)CC1. The molecule has 0 bridgehead atoms. The average molecular weight is 991 g/mol. The van der Waals surface area contributed by atoms with E-state index in [2.05, 4.69) is 79.6 Å². The van der Waals surface area contributed by atoms with Crippen molar-refractivity contribution < 1.29 is 17.9 Å². The monoisotopic (exact) mass is 991 g/mol. The van der Waals surface area contributed by atoms with Gasteiger partial charge in [-0.1, -0.05) is 19.9 Å². The molecule has 2 aromatic carbocycles. The Labute approximate surface area is 422 Å². The summed E-state index contributed by atoms with van der Waals surface area (Å²) in [4.78, 5) is 33.7. The molecule has 15 nitrogen and oxygen atoms in total. The fourth-order valence-electron chi connectivity index (χ4n) is 10.7. The van der Waals surface area contributed by atoms with Gasteiger partial charge < -0.3 is 19.9 Å². The Morgan fingerprint density at radius 2 is 1.29 bits per heavy atom. The number of aryl methyl sites for hydroxylation is 5. The van der Waals surface area contributed by atoms with Crippen molar-refractivity contribution in [1.82, 2.24) is 64.2 Å². The minimum absolute atomic E-state index is 0.0813. The third-order valence-corrected chi connectivity index (χ3v) is 14.9. The van der Waals surface area contributed by atoms with Crippen molar-refractivity contribution in [2.45, 2.75) is 85.4 Å². The first kappa shape index (κ1) is 48.4. The van der Waals surface area contributed by atoms with Gasteiger partial charge in [-0.3, -0.25) is 19.2 Å². The first-order valence-corrected chi connectivity index (χ1v) is 25.8. The van der Waals surface area contributed by atoms with Crippen LogP contribution in [0.5, 0.6) is 5.75 Å². The van der Waals surface area contributed by atoms with E-state index in [1.54, 1.807) is 12.3 Å². The van der Waals surface area contributed by atoms with Crippen LogP contribution in [0.3, 0.4) is 0 Å². The van der Waals surface area contributed by atoms with Crippen LogP contribution in [0.2, 0.25) is 0 Å². The summed E-state index contributed by atoms with van der Waals surface area (Å²) in [6, 6.07) is 14.8. The lowest BCUT2D eigenvalue weighted by molar-refractivity contribution is 0.132. The topological polar surface area (TPSA) is 144 Å². The van der Waals surface area contributed by atoms with Gasteiger partial charge in [0.15, 0.2) is 17.5 Å². The predicted octanol–water partition coefficient (Wildman–Crippen LogP) is 8.98. The molecular weight excluding hydrogens is 930 g/mol. The maximum absolute atomic E-state index is 14.9. The van der Waals surface area contributed by atoms with E-state index in [0.29, 0.717) is 47.6 Å². The van der Waals surface area contributed by atoms with E-state index >= 15 is 0 Å². The van der Waals surface area contributed by atoms with Gasteiger partial charge in [0, 0.05) is 91.0 Å². The fourth-order valence-corrected chi connectivity index (χ4v) is 10.7. The number of nitrogens with zero attached hydrogens (tertiary/aromatic N) is 13. The summed E-state index contributed by atoms with van der Waals surface area (Å²) in [7, 11) is 0. The lowest BCUT2D eigenvalue weighted by Gasteiger charge is -2.33. The number of halogens is 3. The quantitative estimate of drug-likeness (QED) is 0.118. The number of aromatic nitrogens is 10. The smallest absolute Gasteiger partial charge is 0.229 e. The van der Waals surface area contributed by atoms with Crippen LogP contribution in [0.1, 0.15) is 73.6 Å². The molecule has 0 aliphatic carbocycles. The summed E-state index contributed by atoms with van der Waals surface area (Å²) in [6.45, 7) is 18.6. The van der Waals surface area contributed by atoms with Gasteiger partial charge >= 0.3 is 0 Å². The van der Waals surface area contributed by atoms with E-state index in [0.717, 1.165) is 161 Å². The number of nitrogens with one attached hydrogen (secondary N) is 1. The lowest BCUT2D eigenvalue weighted by Crippen LogP contribution is -2.45. The summed E-state index contributed by atoms with van der Waals surface area (Å²) in [5, 5.41) is 14.1. The summed E-state index contributed by atoms with van der Waals surface area (Å²) < 4.78 is 54.4. The first-order chi connectivity index (χ1) is 35.6. The molecule has 2 saturated heterocycles. The molecular formula is C55H61F3N14O. The number of benzene rings is 2. The second kappa shape index (κ2) is 21.3. The molecule has 10 heterocycles. The second-order valence-electron chi connectivity index (χ2n) is 19.7. The van der Waals surface area contributed by atoms with Crippen LogP contribution < -0.4 is 10.1 Å². The lowest BCUT2D eigenvalue weighted by atomic mass is 9.98. The maximum atomic E-state index is 14.9. The number of fused-ring (bicyclic) bond motifs is 6. The number of piperazine rings is 1. The molecule has 0 radical (unpaired) electrons. The summed E-state index contributed by atoms with van der Waals surface area (Å²) in [6.07, 6.45) is 12.5. The molecule has 0 saturated carbocycles. The number of piperidine rings is 1. The molecule has 378 valence electrons. The maximum Gasteiger partial charge on any atom is 0.229 e. The van der Waals surface area contributed by atoms with Crippen LogP contribution in [-0.2, 0) is 38.9 Å². The van der Waals surface area contributed by atoms with Gasteiger partial charge in [0.05, 0.1) is 37.1 Å². The van der Waals surface area contributed by atoms with E-state index in [1.807, 2.05) is 48.1 Å². The minimum Gasteiger partial charge on any atom is -0.492 e. The Morgan fingerprint density at radius 3 is 1.97 bits per heavy atom. The van der Waals surface area contributed by atoms with Crippen LogP contribution in [-0.4, -0.2) is 123 Å². The molecule has 18 heteroatoms. The third-order valence-electron chi connectivity index (χ3n) is 14.9. The average Bonchev–Trinajstić information content (AvgIpc) is 4.23. The van der Waals surface area contributed by atoms with Crippen molar-refractivity contribution in [3.63, 3.8) is 0 Å². The second-order valence-corrected chi connectivity index (χ2v) is 19.7. The molecule has 0 amide bonds. The summed E-state index contributed by atoms with van der Waals surface area (Å²) >= 11 is 0.